The number of carbonyl (C=O) groups is 1. The molecular weight excluding hydrogens is 358 g/mol. The first-order valence-corrected chi connectivity index (χ1v) is 9.31. The largest absolute Gasteiger partial charge is 0.484 e. The molecular formula is C20H23N5O3. The van der Waals surface area contributed by atoms with Gasteiger partial charge < -0.3 is 14.2 Å². The topological polar surface area (TPSA) is 86.3 Å². The molecule has 0 spiro atoms. The maximum atomic E-state index is 12.6. The number of hydrogen-bond donors (Lipinski definition) is 0. The van der Waals surface area contributed by atoms with Crippen molar-refractivity contribution < 1.29 is 14.1 Å². The van der Waals surface area contributed by atoms with Crippen molar-refractivity contribution in [3.05, 3.63) is 59.0 Å². The third-order valence-electron chi connectivity index (χ3n) is 5.04. The van der Waals surface area contributed by atoms with Gasteiger partial charge in [0.15, 0.2) is 18.1 Å². The fraction of sp³-hybridized carbons (Fsp3) is 0.400. The standard InChI is InChI=1S/C20H23N5O3/c1-13-4-6-16(7-5-13)27-12-18-21-19(23-28-18)15-8-9-25(11-15)20(26)17-10-14(2)24(3)22-17/h4-7,10,15H,8-9,11-12H2,1-3H3. The van der Waals surface area contributed by atoms with Crippen molar-refractivity contribution in [3.63, 3.8) is 0 Å². The Bertz CT molecular complexity index is 957. The molecule has 0 saturated carbocycles. The minimum absolute atomic E-state index is 0.0578. The number of likely N-dealkylation sites (tertiary alicyclic amines) is 1. The number of benzene rings is 1. The fourth-order valence-corrected chi connectivity index (χ4v) is 3.25. The summed E-state index contributed by atoms with van der Waals surface area (Å²) < 4.78 is 12.7. The highest BCUT2D eigenvalue weighted by molar-refractivity contribution is 5.92. The van der Waals surface area contributed by atoms with E-state index in [0.717, 1.165) is 17.9 Å². The van der Waals surface area contributed by atoms with E-state index < -0.39 is 0 Å². The SMILES string of the molecule is Cc1ccc(OCc2nc(C3CCN(C(=O)c4cc(C)n(C)n4)C3)no2)cc1. The predicted molar refractivity (Wildman–Crippen MR) is 101 cm³/mol. The van der Waals surface area contributed by atoms with Crippen LogP contribution in [0.25, 0.3) is 0 Å². The number of amides is 1. The summed E-state index contributed by atoms with van der Waals surface area (Å²) in [6, 6.07) is 9.60. The Balaban J connectivity index is 1.35. The molecule has 1 unspecified atom stereocenters. The minimum atomic E-state index is -0.0578. The zero-order chi connectivity index (χ0) is 19.7. The van der Waals surface area contributed by atoms with Gasteiger partial charge >= 0.3 is 0 Å². The summed E-state index contributed by atoms with van der Waals surface area (Å²) in [7, 11) is 1.83. The van der Waals surface area contributed by atoms with E-state index >= 15 is 0 Å². The monoisotopic (exact) mass is 381 g/mol. The van der Waals surface area contributed by atoms with Gasteiger partial charge in [-0.05, 0) is 38.5 Å². The predicted octanol–water partition coefficient (Wildman–Crippen LogP) is 2.63. The Kier molecular flexibility index (Phi) is 4.85. The van der Waals surface area contributed by atoms with Crippen molar-refractivity contribution >= 4 is 5.91 Å². The van der Waals surface area contributed by atoms with Crippen LogP contribution in [-0.2, 0) is 13.7 Å². The number of hydrogen-bond acceptors (Lipinski definition) is 6. The number of aryl methyl sites for hydroxylation is 3. The first kappa shape index (κ1) is 18.2. The van der Waals surface area contributed by atoms with Crippen LogP contribution in [0.1, 0.15) is 45.8 Å². The molecule has 28 heavy (non-hydrogen) atoms. The normalized spacial score (nSPS) is 16.5. The van der Waals surface area contributed by atoms with E-state index in [9.17, 15) is 4.79 Å². The van der Waals surface area contributed by atoms with Crippen LogP contribution in [0.5, 0.6) is 5.75 Å². The molecule has 1 fully saturated rings. The molecule has 8 nitrogen and oxygen atoms in total. The van der Waals surface area contributed by atoms with Crippen molar-refractivity contribution in [1.29, 1.82) is 0 Å². The fourth-order valence-electron chi connectivity index (χ4n) is 3.25. The van der Waals surface area contributed by atoms with E-state index in [1.165, 1.54) is 5.56 Å². The van der Waals surface area contributed by atoms with Gasteiger partial charge in [-0.25, -0.2) is 0 Å². The maximum Gasteiger partial charge on any atom is 0.274 e. The second-order valence-corrected chi connectivity index (χ2v) is 7.18. The van der Waals surface area contributed by atoms with Crippen LogP contribution in [-0.4, -0.2) is 43.8 Å². The Morgan fingerprint density at radius 1 is 1.29 bits per heavy atom. The summed E-state index contributed by atoms with van der Waals surface area (Å²) in [6.07, 6.45) is 0.801. The first-order valence-electron chi connectivity index (χ1n) is 9.31. The van der Waals surface area contributed by atoms with Crippen LogP contribution in [0.4, 0.5) is 0 Å². The molecule has 8 heteroatoms. The molecule has 1 aromatic carbocycles. The summed E-state index contributed by atoms with van der Waals surface area (Å²) in [5.74, 6) is 1.81. The van der Waals surface area contributed by atoms with Crippen LogP contribution in [0.2, 0.25) is 0 Å². The highest BCUT2D eigenvalue weighted by atomic mass is 16.5. The van der Waals surface area contributed by atoms with Gasteiger partial charge in [-0.15, -0.1) is 0 Å². The molecule has 1 aliphatic rings. The Morgan fingerprint density at radius 2 is 2.07 bits per heavy atom. The molecule has 1 aliphatic heterocycles. The number of aromatic nitrogens is 4. The van der Waals surface area contributed by atoms with Crippen LogP contribution in [0.15, 0.2) is 34.9 Å². The molecule has 4 rings (SSSR count). The Labute approximate surface area is 163 Å². The summed E-state index contributed by atoms with van der Waals surface area (Å²) in [4.78, 5) is 18.9. The van der Waals surface area contributed by atoms with Crippen molar-refractivity contribution in [2.24, 2.45) is 7.05 Å². The lowest BCUT2D eigenvalue weighted by atomic mass is 10.1. The molecule has 0 N–H and O–H groups in total. The van der Waals surface area contributed by atoms with Crippen LogP contribution < -0.4 is 4.74 Å². The van der Waals surface area contributed by atoms with Crippen molar-refractivity contribution in [1.82, 2.24) is 24.8 Å². The van der Waals surface area contributed by atoms with Gasteiger partial charge in [-0.3, -0.25) is 9.48 Å². The smallest absolute Gasteiger partial charge is 0.274 e. The molecule has 0 bridgehead atoms. The summed E-state index contributed by atoms with van der Waals surface area (Å²) >= 11 is 0. The van der Waals surface area contributed by atoms with Gasteiger partial charge in [0, 0.05) is 31.7 Å². The number of carbonyl (C=O) groups excluding carboxylic acids is 1. The molecule has 1 amide bonds. The highest BCUT2D eigenvalue weighted by Crippen LogP contribution is 2.26. The van der Waals surface area contributed by atoms with Gasteiger partial charge in [-0.2, -0.15) is 10.1 Å². The van der Waals surface area contributed by atoms with E-state index in [4.69, 9.17) is 9.26 Å². The molecule has 0 radical (unpaired) electrons. The van der Waals surface area contributed by atoms with Crippen molar-refractivity contribution in [2.45, 2.75) is 32.8 Å². The van der Waals surface area contributed by atoms with E-state index in [-0.39, 0.29) is 18.4 Å². The lowest BCUT2D eigenvalue weighted by Gasteiger charge is -2.13. The van der Waals surface area contributed by atoms with Gasteiger partial charge in [0.25, 0.3) is 11.8 Å². The number of ether oxygens (including phenoxy) is 1. The molecule has 0 aliphatic carbocycles. The summed E-state index contributed by atoms with van der Waals surface area (Å²) in [5.41, 5.74) is 2.60. The van der Waals surface area contributed by atoms with Crippen molar-refractivity contribution in [3.8, 4) is 5.75 Å². The molecule has 3 aromatic rings. The van der Waals surface area contributed by atoms with Crippen molar-refractivity contribution in [2.75, 3.05) is 13.1 Å². The number of rotatable bonds is 5. The van der Waals surface area contributed by atoms with Gasteiger partial charge in [0.2, 0.25) is 0 Å². The lowest BCUT2D eigenvalue weighted by Crippen LogP contribution is -2.29. The lowest BCUT2D eigenvalue weighted by molar-refractivity contribution is 0.0784. The third-order valence-corrected chi connectivity index (χ3v) is 5.04. The molecule has 1 saturated heterocycles. The summed E-state index contributed by atoms with van der Waals surface area (Å²) in [6.45, 7) is 5.39. The van der Waals surface area contributed by atoms with Crippen LogP contribution in [0.3, 0.4) is 0 Å². The number of nitrogens with zero attached hydrogens (tertiary/aromatic N) is 5. The Morgan fingerprint density at radius 3 is 2.79 bits per heavy atom. The average Bonchev–Trinajstić information content (AvgIpc) is 3.41. The van der Waals surface area contributed by atoms with E-state index in [1.54, 1.807) is 9.58 Å². The van der Waals surface area contributed by atoms with Gasteiger partial charge in [-0.1, -0.05) is 22.9 Å². The average molecular weight is 381 g/mol. The third kappa shape index (κ3) is 3.76. The van der Waals surface area contributed by atoms with E-state index in [2.05, 4.69) is 15.2 Å². The quantitative estimate of drug-likeness (QED) is 0.675. The first-order chi connectivity index (χ1) is 13.5. The molecule has 2 aromatic heterocycles. The second kappa shape index (κ2) is 7.46. The zero-order valence-corrected chi connectivity index (χ0v) is 16.3. The summed E-state index contributed by atoms with van der Waals surface area (Å²) in [5, 5.41) is 8.36. The van der Waals surface area contributed by atoms with Crippen LogP contribution >= 0.6 is 0 Å². The molecule has 1 atom stereocenters. The van der Waals surface area contributed by atoms with Gasteiger partial charge in [0.05, 0.1) is 0 Å². The molecule has 146 valence electrons. The molecule has 3 heterocycles. The Hall–Kier alpha value is -3.16. The second-order valence-electron chi connectivity index (χ2n) is 7.18. The van der Waals surface area contributed by atoms with E-state index in [1.807, 2.05) is 51.2 Å². The maximum absolute atomic E-state index is 12.6. The van der Waals surface area contributed by atoms with Gasteiger partial charge in [0.1, 0.15) is 5.75 Å². The van der Waals surface area contributed by atoms with E-state index in [0.29, 0.717) is 30.5 Å². The highest BCUT2D eigenvalue weighted by Gasteiger charge is 2.32. The van der Waals surface area contributed by atoms with Crippen LogP contribution in [0, 0.1) is 13.8 Å². The minimum Gasteiger partial charge on any atom is -0.484 e. The zero-order valence-electron chi connectivity index (χ0n) is 16.3.